The number of amides is 1. The van der Waals surface area contributed by atoms with E-state index >= 15 is 0 Å². The first-order valence-corrected chi connectivity index (χ1v) is 10.2. The minimum Gasteiger partial charge on any atom is -0.481 e. The zero-order chi connectivity index (χ0) is 19.6. The number of carbonyl (C=O) groups excluding carboxylic acids is 1. The average Bonchev–Trinajstić information content (AvgIpc) is 3.06. The molecule has 0 aliphatic carbocycles. The Bertz CT molecular complexity index is 970. The van der Waals surface area contributed by atoms with Crippen LogP contribution in [0.1, 0.15) is 34.3 Å². The van der Waals surface area contributed by atoms with E-state index in [2.05, 4.69) is 4.72 Å². The van der Waals surface area contributed by atoms with Crippen LogP contribution in [0.15, 0.2) is 48.5 Å². The van der Waals surface area contributed by atoms with Gasteiger partial charge in [-0.2, -0.15) is 0 Å². The van der Waals surface area contributed by atoms with E-state index in [9.17, 15) is 23.1 Å². The molecule has 1 unspecified atom stereocenters. The van der Waals surface area contributed by atoms with Gasteiger partial charge in [0.1, 0.15) is 5.92 Å². The highest BCUT2D eigenvalue weighted by atomic mass is 32.2. The molecule has 0 radical (unpaired) electrons. The van der Waals surface area contributed by atoms with Gasteiger partial charge >= 0.3 is 5.97 Å². The van der Waals surface area contributed by atoms with Gasteiger partial charge < -0.3 is 10.0 Å². The molecular formula is C19H20N2O5S. The standard InChI is InChI=1S/C19H20N2O5S/c1-2-27(25,26)20-11-13-7-9-14(10-8-13)18(22)21-12-16(19(23)24)15-5-3-4-6-17(15)21/h3-10,16,20H,2,11-12H2,1H3,(H,23,24). The highest BCUT2D eigenvalue weighted by Crippen LogP contribution is 2.37. The van der Waals surface area contributed by atoms with Crippen molar-refractivity contribution in [2.75, 3.05) is 17.2 Å². The number of aliphatic carboxylic acids is 1. The Labute approximate surface area is 157 Å². The van der Waals surface area contributed by atoms with Crippen molar-refractivity contribution in [3.8, 4) is 0 Å². The smallest absolute Gasteiger partial charge is 0.312 e. The van der Waals surface area contributed by atoms with E-state index in [4.69, 9.17) is 0 Å². The molecule has 1 amide bonds. The number of carboxylic acid groups (broad SMARTS) is 1. The Morgan fingerprint density at radius 3 is 2.44 bits per heavy atom. The number of anilines is 1. The minimum atomic E-state index is -3.29. The lowest BCUT2D eigenvalue weighted by atomic mass is 10.0. The summed E-state index contributed by atoms with van der Waals surface area (Å²) in [4.78, 5) is 25.8. The molecule has 27 heavy (non-hydrogen) atoms. The molecule has 142 valence electrons. The zero-order valence-corrected chi connectivity index (χ0v) is 15.6. The molecule has 2 aromatic rings. The maximum atomic E-state index is 12.9. The average molecular weight is 388 g/mol. The molecule has 8 heteroatoms. The first kappa shape index (κ1) is 19.1. The summed E-state index contributed by atoms with van der Waals surface area (Å²) >= 11 is 0. The van der Waals surface area contributed by atoms with Gasteiger partial charge in [-0.25, -0.2) is 13.1 Å². The summed E-state index contributed by atoms with van der Waals surface area (Å²) in [5.74, 6) is -1.99. The van der Waals surface area contributed by atoms with Gasteiger partial charge in [0.2, 0.25) is 10.0 Å². The molecule has 3 rings (SSSR count). The Morgan fingerprint density at radius 1 is 1.15 bits per heavy atom. The monoisotopic (exact) mass is 388 g/mol. The van der Waals surface area contributed by atoms with Gasteiger partial charge in [0.05, 0.1) is 5.75 Å². The van der Waals surface area contributed by atoms with E-state index in [1.165, 1.54) is 4.90 Å². The summed E-state index contributed by atoms with van der Waals surface area (Å²) in [5, 5.41) is 9.42. The van der Waals surface area contributed by atoms with Crippen molar-refractivity contribution < 1.29 is 23.1 Å². The summed E-state index contributed by atoms with van der Waals surface area (Å²) in [6, 6.07) is 13.6. The van der Waals surface area contributed by atoms with E-state index in [-0.39, 0.29) is 24.7 Å². The van der Waals surface area contributed by atoms with Crippen LogP contribution in [0, 0.1) is 0 Å². The van der Waals surface area contributed by atoms with E-state index in [1.807, 2.05) is 0 Å². The molecule has 0 fully saturated rings. The van der Waals surface area contributed by atoms with E-state index in [0.717, 1.165) is 5.56 Å². The van der Waals surface area contributed by atoms with Gasteiger partial charge in [-0.15, -0.1) is 0 Å². The van der Waals surface area contributed by atoms with Gasteiger partial charge in [-0.05, 0) is 36.2 Å². The Hall–Kier alpha value is -2.71. The number of hydrogen-bond donors (Lipinski definition) is 2. The van der Waals surface area contributed by atoms with Crippen molar-refractivity contribution in [1.82, 2.24) is 4.72 Å². The third-order valence-corrected chi connectivity index (χ3v) is 5.93. The first-order valence-electron chi connectivity index (χ1n) is 8.52. The highest BCUT2D eigenvalue weighted by molar-refractivity contribution is 7.89. The van der Waals surface area contributed by atoms with Gasteiger partial charge in [-0.1, -0.05) is 30.3 Å². The number of para-hydroxylation sites is 1. The van der Waals surface area contributed by atoms with E-state index in [0.29, 0.717) is 16.8 Å². The Kier molecular flexibility index (Phi) is 5.29. The second-order valence-electron chi connectivity index (χ2n) is 6.29. The number of nitrogens with zero attached hydrogens (tertiary/aromatic N) is 1. The molecule has 2 aromatic carbocycles. The summed E-state index contributed by atoms with van der Waals surface area (Å²) in [6.45, 7) is 1.80. The first-order chi connectivity index (χ1) is 12.8. The summed E-state index contributed by atoms with van der Waals surface area (Å²) < 4.78 is 25.5. The normalized spacial score (nSPS) is 16.2. The molecule has 1 aliphatic heterocycles. The van der Waals surface area contributed by atoms with Crippen molar-refractivity contribution in [2.45, 2.75) is 19.4 Å². The topological polar surface area (TPSA) is 104 Å². The number of benzene rings is 2. The van der Waals surface area contributed by atoms with Crippen LogP contribution in [0.3, 0.4) is 0 Å². The Morgan fingerprint density at radius 2 is 1.81 bits per heavy atom. The number of rotatable bonds is 6. The molecule has 0 bridgehead atoms. The van der Waals surface area contributed by atoms with Gasteiger partial charge in [0.25, 0.3) is 5.91 Å². The fourth-order valence-corrected chi connectivity index (χ4v) is 3.62. The molecule has 0 spiro atoms. The van der Waals surface area contributed by atoms with Gasteiger partial charge in [0, 0.05) is 24.3 Å². The summed E-state index contributed by atoms with van der Waals surface area (Å²) in [6.07, 6.45) is 0. The number of carboxylic acids is 1. The molecule has 2 N–H and O–H groups in total. The van der Waals surface area contributed by atoms with Crippen molar-refractivity contribution in [3.05, 3.63) is 65.2 Å². The number of nitrogens with one attached hydrogen (secondary N) is 1. The molecule has 0 saturated heterocycles. The quantitative estimate of drug-likeness (QED) is 0.787. The third kappa shape index (κ3) is 4.01. The maximum absolute atomic E-state index is 12.9. The van der Waals surface area contributed by atoms with Crippen LogP contribution in [0.4, 0.5) is 5.69 Å². The predicted molar refractivity (Wildman–Crippen MR) is 101 cm³/mol. The lowest BCUT2D eigenvalue weighted by Gasteiger charge is -2.17. The van der Waals surface area contributed by atoms with Crippen LogP contribution >= 0.6 is 0 Å². The molecule has 7 nitrogen and oxygen atoms in total. The number of hydrogen-bond acceptors (Lipinski definition) is 4. The van der Waals surface area contributed by atoms with Crippen molar-refractivity contribution >= 4 is 27.6 Å². The van der Waals surface area contributed by atoms with Crippen LogP contribution < -0.4 is 9.62 Å². The highest BCUT2D eigenvalue weighted by Gasteiger charge is 2.36. The molecule has 0 aromatic heterocycles. The van der Waals surface area contributed by atoms with E-state index < -0.39 is 21.9 Å². The molecule has 1 heterocycles. The number of fused-ring (bicyclic) bond motifs is 1. The lowest BCUT2D eigenvalue weighted by molar-refractivity contribution is -0.138. The predicted octanol–water partition coefficient (Wildman–Crippen LogP) is 1.95. The van der Waals surface area contributed by atoms with Crippen LogP contribution in [0.25, 0.3) is 0 Å². The van der Waals surface area contributed by atoms with Crippen LogP contribution in [-0.4, -0.2) is 37.7 Å². The molecule has 0 saturated carbocycles. The number of carbonyl (C=O) groups is 2. The molecule has 1 atom stereocenters. The van der Waals surface area contributed by atoms with Crippen molar-refractivity contribution in [1.29, 1.82) is 0 Å². The third-order valence-electron chi connectivity index (χ3n) is 4.59. The van der Waals surface area contributed by atoms with Gasteiger partial charge in [0.15, 0.2) is 0 Å². The molecular weight excluding hydrogens is 368 g/mol. The SMILES string of the molecule is CCS(=O)(=O)NCc1ccc(C(=O)N2CC(C(=O)O)c3ccccc32)cc1. The second-order valence-corrected chi connectivity index (χ2v) is 8.38. The van der Waals surface area contributed by atoms with E-state index in [1.54, 1.807) is 55.5 Å². The van der Waals surface area contributed by atoms with Crippen molar-refractivity contribution in [3.63, 3.8) is 0 Å². The Balaban J connectivity index is 1.78. The van der Waals surface area contributed by atoms with Crippen molar-refractivity contribution in [2.24, 2.45) is 0 Å². The van der Waals surface area contributed by atoms with Crippen LogP contribution in [-0.2, 0) is 21.4 Å². The second kappa shape index (κ2) is 7.50. The maximum Gasteiger partial charge on any atom is 0.312 e. The van der Waals surface area contributed by atoms with Crippen LogP contribution in [0.5, 0.6) is 0 Å². The van der Waals surface area contributed by atoms with Gasteiger partial charge in [-0.3, -0.25) is 9.59 Å². The zero-order valence-electron chi connectivity index (χ0n) is 14.8. The number of sulfonamides is 1. The fraction of sp³-hybridized carbons (Fsp3) is 0.263. The molecule has 1 aliphatic rings. The minimum absolute atomic E-state index is 0.00266. The summed E-state index contributed by atoms with van der Waals surface area (Å²) in [5.41, 5.74) is 2.38. The lowest BCUT2D eigenvalue weighted by Crippen LogP contribution is -2.31. The van der Waals surface area contributed by atoms with Crippen LogP contribution in [0.2, 0.25) is 0 Å². The summed E-state index contributed by atoms with van der Waals surface area (Å²) in [7, 11) is -3.29. The largest absolute Gasteiger partial charge is 0.481 e. The fourth-order valence-electron chi connectivity index (χ4n) is 3.03.